The molecule has 1 fully saturated rings. The molecule has 0 unspecified atom stereocenters. The highest BCUT2D eigenvalue weighted by atomic mass is 32.2. The molecule has 148 valence electrons. The quantitative estimate of drug-likeness (QED) is 0.755. The van der Waals surface area contributed by atoms with Gasteiger partial charge in [0.2, 0.25) is 10.0 Å². The van der Waals surface area contributed by atoms with E-state index in [-0.39, 0.29) is 17.7 Å². The van der Waals surface area contributed by atoms with Crippen molar-refractivity contribution in [3.8, 4) is 0 Å². The zero-order valence-electron chi connectivity index (χ0n) is 13.3. The monoisotopic (exact) mass is 405 g/mol. The molecular formula is C15H17F6NO3S. The predicted octanol–water partition coefficient (Wildman–Crippen LogP) is 3.38. The van der Waals surface area contributed by atoms with Gasteiger partial charge in [0.25, 0.3) is 5.60 Å². The molecule has 0 bridgehead atoms. The van der Waals surface area contributed by atoms with Gasteiger partial charge < -0.3 is 5.11 Å². The number of halogens is 6. The number of sulfonamides is 1. The van der Waals surface area contributed by atoms with Gasteiger partial charge >= 0.3 is 12.4 Å². The molecule has 1 aromatic carbocycles. The smallest absolute Gasteiger partial charge is 0.373 e. The Balaban J connectivity index is 2.09. The van der Waals surface area contributed by atoms with Gasteiger partial charge in [-0.25, -0.2) is 13.1 Å². The van der Waals surface area contributed by atoms with Crippen LogP contribution in [-0.4, -0.2) is 37.5 Å². The molecule has 0 saturated heterocycles. The fraction of sp³-hybridized carbons (Fsp3) is 0.600. The maximum atomic E-state index is 12.9. The van der Waals surface area contributed by atoms with Crippen molar-refractivity contribution >= 4 is 10.0 Å². The Bertz CT molecular complexity index is 695. The normalized spacial score (nSPS) is 23.0. The standard InChI is InChI=1S/C15H17F6NO3S/c16-14(17,18)13(23,15(19,20)21)10-6-8-11(9-7-10)22-26(24,25)12-4-2-1-3-5-12/h1-5,10-11,22-23H,6-9H2. The first-order chi connectivity index (χ1) is 11.8. The lowest BCUT2D eigenvalue weighted by molar-refractivity contribution is -0.387. The molecular weight excluding hydrogens is 388 g/mol. The first-order valence-corrected chi connectivity index (χ1v) is 9.20. The second kappa shape index (κ2) is 7.01. The number of rotatable bonds is 4. The van der Waals surface area contributed by atoms with E-state index >= 15 is 0 Å². The number of aliphatic hydroxyl groups is 1. The van der Waals surface area contributed by atoms with Crippen LogP contribution in [0.25, 0.3) is 0 Å². The van der Waals surface area contributed by atoms with Crippen LogP contribution in [0.4, 0.5) is 26.3 Å². The first kappa shape index (κ1) is 21.0. The Morgan fingerprint density at radius 1 is 0.885 bits per heavy atom. The Morgan fingerprint density at radius 3 is 1.77 bits per heavy atom. The van der Waals surface area contributed by atoms with E-state index in [4.69, 9.17) is 0 Å². The zero-order chi connectivity index (χ0) is 19.8. The van der Waals surface area contributed by atoms with Crippen LogP contribution in [0.2, 0.25) is 0 Å². The van der Waals surface area contributed by atoms with Crippen molar-refractivity contribution in [3.63, 3.8) is 0 Å². The zero-order valence-corrected chi connectivity index (χ0v) is 14.1. The SMILES string of the molecule is O=S(=O)(NC1CCC(C(O)(C(F)(F)F)C(F)(F)F)CC1)c1ccccc1. The summed E-state index contributed by atoms with van der Waals surface area (Å²) < 4.78 is 104. The third-order valence-electron chi connectivity index (χ3n) is 4.56. The minimum atomic E-state index is -5.87. The maximum Gasteiger partial charge on any atom is 0.426 e. The van der Waals surface area contributed by atoms with Crippen LogP contribution < -0.4 is 4.72 Å². The molecule has 1 aliphatic rings. The van der Waals surface area contributed by atoms with Gasteiger partial charge in [-0.2, -0.15) is 26.3 Å². The summed E-state index contributed by atoms with van der Waals surface area (Å²) in [6.45, 7) is 0. The summed E-state index contributed by atoms with van der Waals surface area (Å²) in [5.41, 5.74) is -4.80. The van der Waals surface area contributed by atoms with Gasteiger partial charge in [0.05, 0.1) is 4.90 Å². The fourth-order valence-corrected chi connectivity index (χ4v) is 4.47. The molecule has 1 saturated carbocycles. The van der Waals surface area contributed by atoms with Crippen molar-refractivity contribution in [2.45, 2.75) is 54.6 Å². The molecule has 1 aromatic rings. The molecule has 2 rings (SSSR count). The number of hydrogen-bond donors (Lipinski definition) is 2. The lowest BCUT2D eigenvalue weighted by Gasteiger charge is -2.41. The Kier molecular flexibility index (Phi) is 5.65. The average Bonchev–Trinajstić information content (AvgIpc) is 2.53. The van der Waals surface area contributed by atoms with Crippen molar-refractivity contribution < 1.29 is 39.9 Å². The molecule has 0 spiro atoms. The van der Waals surface area contributed by atoms with Crippen molar-refractivity contribution in [2.24, 2.45) is 5.92 Å². The Hall–Kier alpha value is -1.33. The second-order valence-corrected chi connectivity index (χ2v) is 7.96. The van der Waals surface area contributed by atoms with Gasteiger partial charge in [0.1, 0.15) is 0 Å². The number of benzene rings is 1. The van der Waals surface area contributed by atoms with E-state index in [9.17, 15) is 39.9 Å². The molecule has 1 aliphatic carbocycles. The van der Waals surface area contributed by atoms with E-state index in [2.05, 4.69) is 4.72 Å². The van der Waals surface area contributed by atoms with Crippen LogP contribution in [0.3, 0.4) is 0 Å². The molecule has 2 N–H and O–H groups in total. The molecule has 0 heterocycles. The van der Waals surface area contributed by atoms with Crippen LogP contribution >= 0.6 is 0 Å². The van der Waals surface area contributed by atoms with Crippen molar-refractivity contribution in [1.29, 1.82) is 0 Å². The van der Waals surface area contributed by atoms with Gasteiger partial charge in [-0.3, -0.25) is 0 Å². The Morgan fingerprint density at radius 2 is 1.35 bits per heavy atom. The highest BCUT2D eigenvalue weighted by molar-refractivity contribution is 7.89. The van der Waals surface area contributed by atoms with E-state index < -0.39 is 52.8 Å². The number of hydrogen-bond acceptors (Lipinski definition) is 3. The molecule has 0 aliphatic heterocycles. The lowest BCUT2D eigenvalue weighted by atomic mass is 9.74. The largest absolute Gasteiger partial charge is 0.426 e. The minimum Gasteiger partial charge on any atom is -0.373 e. The van der Waals surface area contributed by atoms with Crippen LogP contribution in [0.15, 0.2) is 35.2 Å². The van der Waals surface area contributed by atoms with Gasteiger partial charge in [0, 0.05) is 12.0 Å². The molecule has 4 nitrogen and oxygen atoms in total. The molecule has 11 heteroatoms. The summed E-state index contributed by atoms with van der Waals surface area (Å²) in [6, 6.07) is 6.40. The van der Waals surface area contributed by atoms with Crippen LogP contribution in [0, 0.1) is 5.92 Å². The highest BCUT2D eigenvalue weighted by Gasteiger charge is 2.73. The predicted molar refractivity (Wildman–Crippen MR) is 79.6 cm³/mol. The van der Waals surface area contributed by atoms with E-state index in [1.54, 1.807) is 6.07 Å². The third-order valence-corrected chi connectivity index (χ3v) is 6.09. The molecule has 26 heavy (non-hydrogen) atoms. The lowest BCUT2D eigenvalue weighted by Crippen LogP contribution is -2.62. The summed E-state index contributed by atoms with van der Waals surface area (Å²) in [4.78, 5) is -0.0517. The number of nitrogens with one attached hydrogen (secondary N) is 1. The topological polar surface area (TPSA) is 66.4 Å². The van der Waals surface area contributed by atoms with E-state index in [1.165, 1.54) is 24.3 Å². The van der Waals surface area contributed by atoms with Gasteiger partial charge in [-0.15, -0.1) is 0 Å². The summed E-state index contributed by atoms with van der Waals surface area (Å²) in [5, 5.41) is 9.42. The molecule has 0 radical (unpaired) electrons. The van der Waals surface area contributed by atoms with Crippen LogP contribution in [0.5, 0.6) is 0 Å². The van der Waals surface area contributed by atoms with Crippen LogP contribution in [0.1, 0.15) is 25.7 Å². The maximum absolute atomic E-state index is 12.9. The van der Waals surface area contributed by atoms with Gasteiger partial charge in [-0.1, -0.05) is 18.2 Å². The van der Waals surface area contributed by atoms with E-state index in [0.29, 0.717) is 0 Å². The number of alkyl halides is 6. The van der Waals surface area contributed by atoms with Crippen LogP contribution in [-0.2, 0) is 10.0 Å². The van der Waals surface area contributed by atoms with E-state index in [1.807, 2.05) is 0 Å². The minimum absolute atomic E-state index is 0.0517. The Labute approximate surface area is 146 Å². The second-order valence-electron chi connectivity index (χ2n) is 6.24. The summed E-state index contributed by atoms with van der Waals surface area (Å²) >= 11 is 0. The average molecular weight is 405 g/mol. The summed E-state index contributed by atoms with van der Waals surface area (Å²) in [7, 11) is -3.93. The summed E-state index contributed by atoms with van der Waals surface area (Å²) in [5.74, 6) is -2.08. The third kappa shape index (κ3) is 3.99. The molecule has 0 atom stereocenters. The first-order valence-electron chi connectivity index (χ1n) is 7.72. The van der Waals surface area contributed by atoms with Crippen molar-refractivity contribution in [2.75, 3.05) is 0 Å². The van der Waals surface area contributed by atoms with Gasteiger partial charge in [-0.05, 0) is 37.8 Å². The summed E-state index contributed by atoms with van der Waals surface area (Å²) in [6.07, 6.45) is -13.5. The van der Waals surface area contributed by atoms with Gasteiger partial charge in [0.15, 0.2) is 0 Å². The van der Waals surface area contributed by atoms with Crippen molar-refractivity contribution in [3.05, 3.63) is 30.3 Å². The van der Waals surface area contributed by atoms with E-state index in [0.717, 1.165) is 0 Å². The fourth-order valence-electron chi connectivity index (χ4n) is 3.14. The molecule has 0 amide bonds. The van der Waals surface area contributed by atoms with Crippen molar-refractivity contribution in [1.82, 2.24) is 4.72 Å². The highest BCUT2D eigenvalue weighted by Crippen LogP contribution is 2.51. The molecule has 0 aromatic heterocycles.